The van der Waals surface area contributed by atoms with Gasteiger partial charge in [-0.05, 0) is 31.0 Å². The van der Waals surface area contributed by atoms with Crippen molar-refractivity contribution in [3.05, 3.63) is 34.1 Å². The van der Waals surface area contributed by atoms with Gasteiger partial charge in [-0.25, -0.2) is 4.39 Å². The Morgan fingerprint density at radius 3 is 2.88 bits per heavy atom. The molecule has 0 fully saturated rings. The maximum absolute atomic E-state index is 13.4. The maximum atomic E-state index is 13.4. The summed E-state index contributed by atoms with van der Waals surface area (Å²) in [5, 5.41) is 2.70. The number of amides is 1. The van der Waals surface area contributed by atoms with E-state index in [0.29, 0.717) is 15.8 Å². The first kappa shape index (κ1) is 14.6. The van der Waals surface area contributed by atoms with Crippen LogP contribution in [0.1, 0.15) is 30.1 Å². The SMILES string of the molecule is CCC(Br)CCNC(=O)c1cc(Br)ccc1F. The molecule has 1 N–H and O–H groups in total. The van der Waals surface area contributed by atoms with Gasteiger partial charge < -0.3 is 5.32 Å². The van der Waals surface area contributed by atoms with Crippen molar-refractivity contribution in [3.8, 4) is 0 Å². The second-order valence-corrected chi connectivity index (χ2v) is 5.88. The zero-order valence-electron chi connectivity index (χ0n) is 9.47. The molecule has 0 radical (unpaired) electrons. The van der Waals surface area contributed by atoms with Gasteiger partial charge in [0.2, 0.25) is 0 Å². The highest BCUT2D eigenvalue weighted by Crippen LogP contribution is 2.15. The summed E-state index contributed by atoms with van der Waals surface area (Å²) in [7, 11) is 0. The summed E-state index contributed by atoms with van der Waals surface area (Å²) in [5.74, 6) is -0.879. The Morgan fingerprint density at radius 1 is 1.53 bits per heavy atom. The molecule has 1 aromatic rings. The molecule has 0 heterocycles. The fourth-order valence-corrected chi connectivity index (χ4v) is 1.90. The van der Waals surface area contributed by atoms with Gasteiger partial charge in [-0.2, -0.15) is 0 Å². The maximum Gasteiger partial charge on any atom is 0.254 e. The third-order valence-corrected chi connectivity index (χ3v) is 3.96. The van der Waals surface area contributed by atoms with Gasteiger partial charge in [0.15, 0.2) is 0 Å². The standard InChI is InChI=1S/C12H14Br2FNO/c1-2-8(13)5-6-16-12(17)10-7-9(14)3-4-11(10)15/h3-4,7-8H,2,5-6H2,1H3,(H,16,17). The Labute approximate surface area is 117 Å². The third-order valence-electron chi connectivity index (χ3n) is 2.36. The number of nitrogens with one attached hydrogen (secondary N) is 1. The number of carbonyl (C=O) groups is 1. The van der Waals surface area contributed by atoms with Crippen molar-refractivity contribution in [3.63, 3.8) is 0 Å². The highest BCUT2D eigenvalue weighted by atomic mass is 79.9. The van der Waals surface area contributed by atoms with Crippen LogP contribution in [0.15, 0.2) is 22.7 Å². The van der Waals surface area contributed by atoms with Gasteiger partial charge in [-0.1, -0.05) is 38.8 Å². The lowest BCUT2D eigenvalue weighted by molar-refractivity contribution is 0.0949. The molecule has 0 aromatic heterocycles. The van der Waals surface area contributed by atoms with Crippen LogP contribution in [0.3, 0.4) is 0 Å². The molecule has 5 heteroatoms. The van der Waals surface area contributed by atoms with Gasteiger partial charge in [-0.15, -0.1) is 0 Å². The zero-order valence-corrected chi connectivity index (χ0v) is 12.6. The van der Waals surface area contributed by atoms with Gasteiger partial charge >= 0.3 is 0 Å². The topological polar surface area (TPSA) is 29.1 Å². The van der Waals surface area contributed by atoms with Crippen LogP contribution >= 0.6 is 31.9 Å². The van der Waals surface area contributed by atoms with E-state index in [2.05, 4.69) is 44.1 Å². The molecule has 0 spiro atoms. The highest BCUT2D eigenvalue weighted by Gasteiger charge is 2.12. The summed E-state index contributed by atoms with van der Waals surface area (Å²) >= 11 is 6.69. The average Bonchev–Trinajstić information content (AvgIpc) is 2.31. The zero-order chi connectivity index (χ0) is 12.8. The van der Waals surface area contributed by atoms with Crippen LogP contribution in [0, 0.1) is 5.82 Å². The monoisotopic (exact) mass is 365 g/mol. The van der Waals surface area contributed by atoms with Crippen molar-refractivity contribution < 1.29 is 9.18 Å². The minimum absolute atomic E-state index is 0.0713. The lowest BCUT2D eigenvalue weighted by atomic mass is 10.2. The molecule has 1 rings (SSSR count). The molecule has 0 aliphatic rings. The van der Waals surface area contributed by atoms with E-state index in [1.807, 2.05) is 0 Å². The van der Waals surface area contributed by atoms with Gasteiger partial charge in [0.25, 0.3) is 5.91 Å². The summed E-state index contributed by atoms with van der Waals surface area (Å²) in [6.07, 6.45) is 1.83. The first-order chi connectivity index (χ1) is 8.04. The van der Waals surface area contributed by atoms with Crippen molar-refractivity contribution in [2.45, 2.75) is 24.6 Å². The van der Waals surface area contributed by atoms with Gasteiger partial charge in [0.1, 0.15) is 5.82 Å². The van der Waals surface area contributed by atoms with E-state index in [-0.39, 0.29) is 11.5 Å². The van der Waals surface area contributed by atoms with Gasteiger partial charge in [0.05, 0.1) is 5.56 Å². The Hall–Kier alpha value is -0.420. The van der Waals surface area contributed by atoms with Crippen molar-refractivity contribution in [2.75, 3.05) is 6.54 Å². The fourth-order valence-electron chi connectivity index (χ4n) is 1.31. The van der Waals surface area contributed by atoms with E-state index in [0.717, 1.165) is 12.8 Å². The van der Waals surface area contributed by atoms with Crippen LogP contribution in [0.4, 0.5) is 4.39 Å². The van der Waals surface area contributed by atoms with E-state index < -0.39 is 5.82 Å². The predicted molar refractivity (Wildman–Crippen MR) is 74.1 cm³/mol. The van der Waals surface area contributed by atoms with Crippen molar-refractivity contribution >= 4 is 37.8 Å². The van der Waals surface area contributed by atoms with E-state index in [1.54, 1.807) is 6.07 Å². The summed E-state index contributed by atoms with van der Waals surface area (Å²) in [6, 6.07) is 4.33. The lowest BCUT2D eigenvalue weighted by Crippen LogP contribution is -2.26. The van der Waals surface area contributed by atoms with Crippen molar-refractivity contribution in [2.24, 2.45) is 0 Å². The van der Waals surface area contributed by atoms with Crippen LogP contribution in [-0.4, -0.2) is 17.3 Å². The number of rotatable bonds is 5. The highest BCUT2D eigenvalue weighted by molar-refractivity contribution is 9.10. The van der Waals surface area contributed by atoms with Crippen molar-refractivity contribution in [1.82, 2.24) is 5.32 Å². The first-order valence-corrected chi connectivity index (χ1v) is 7.12. The molecule has 2 nitrogen and oxygen atoms in total. The Bertz CT molecular complexity index is 398. The molecule has 1 atom stereocenters. The van der Waals surface area contributed by atoms with Gasteiger partial charge in [0, 0.05) is 15.8 Å². The molecule has 1 unspecified atom stereocenters. The minimum Gasteiger partial charge on any atom is -0.352 e. The van der Waals surface area contributed by atoms with Crippen molar-refractivity contribution in [1.29, 1.82) is 0 Å². The summed E-state index contributed by atoms with van der Waals surface area (Å²) in [6.45, 7) is 2.60. The molecule has 94 valence electrons. The molecule has 0 saturated carbocycles. The van der Waals surface area contributed by atoms with Crippen LogP contribution in [0.25, 0.3) is 0 Å². The van der Waals surface area contributed by atoms with Crippen LogP contribution in [0.5, 0.6) is 0 Å². The largest absolute Gasteiger partial charge is 0.352 e. The Balaban J connectivity index is 2.55. The fraction of sp³-hybridized carbons (Fsp3) is 0.417. The summed E-state index contributed by atoms with van der Waals surface area (Å²) in [4.78, 5) is 12.1. The molecule has 1 amide bonds. The lowest BCUT2D eigenvalue weighted by Gasteiger charge is -2.09. The smallest absolute Gasteiger partial charge is 0.254 e. The molecular formula is C12H14Br2FNO. The average molecular weight is 367 g/mol. The van der Waals surface area contributed by atoms with Crippen LogP contribution in [0.2, 0.25) is 0 Å². The van der Waals surface area contributed by atoms with E-state index >= 15 is 0 Å². The predicted octanol–water partition coefficient (Wildman–Crippen LogP) is 3.88. The first-order valence-electron chi connectivity index (χ1n) is 5.42. The molecule has 0 saturated heterocycles. The molecule has 0 bridgehead atoms. The van der Waals surface area contributed by atoms with Crippen LogP contribution in [-0.2, 0) is 0 Å². The molecule has 0 aliphatic heterocycles. The van der Waals surface area contributed by atoms with E-state index in [9.17, 15) is 9.18 Å². The number of benzene rings is 1. The molecule has 1 aromatic carbocycles. The molecule has 17 heavy (non-hydrogen) atoms. The normalized spacial score (nSPS) is 12.2. The molecule has 0 aliphatic carbocycles. The van der Waals surface area contributed by atoms with Gasteiger partial charge in [-0.3, -0.25) is 4.79 Å². The second kappa shape index (κ2) is 7.11. The second-order valence-electron chi connectivity index (χ2n) is 3.67. The van der Waals surface area contributed by atoms with Crippen LogP contribution < -0.4 is 5.32 Å². The number of carbonyl (C=O) groups excluding carboxylic acids is 1. The Kier molecular flexibility index (Phi) is 6.12. The third kappa shape index (κ3) is 4.76. The Morgan fingerprint density at radius 2 is 2.24 bits per heavy atom. The minimum atomic E-state index is -0.503. The molecular weight excluding hydrogens is 353 g/mol. The van der Waals surface area contributed by atoms with E-state index in [1.165, 1.54) is 12.1 Å². The number of hydrogen-bond acceptors (Lipinski definition) is 1. The summed E-state index contributed by atoms with van der Waals surface area (Å²) in [5.41, 5.74) is 0.0713. The quantitative estimate of drug-likeness (QED) is 0.787. The van der Waals surface area contributed by atoms with E-state index in [4.69, 9.17) is 0 Å². The number of hydrogen-bond donors (Lipinski definition) is 1. The summed E-state index contributed by atoms with van der Waals surface area (Å²) < 4.78 is 14.1. The number of halogens is 3. The number of alkyl halides is 1.